The minimum Gasteiger partial charge on any atom is -0.327 e. The predicted molar refractivity (Wildman–Crippen MR) is 81.9 cm³/mol. The van der Waals surface area contributed by atoms with E-state index < -0.39 is 0 Å². The molecule has 0 saturated carbocycles. The van der Waals surface area contributed by atoms with E-state index >= 15 is 0 Å². The maximum absolute atomic E-state index is 6.18. The fourth-order valence-corrected chi connectivity index (χ4v) is 3.65. The van der Waals surface area contributed by atoms with Gasteiger partial charge in [-0.3, -0.25) is 9.58 Å². The first-order valence-corrected chi connectivity index (χ1v) is 8.04. The van der Waals surface area contributed by atoms with Gasteiger partial charge in [0.2, 0.25) is 0 Å². The summed E-state index contributed by atoms with van der Waals surface area (Å²) in [4.78, 5) is 2.51. The monoisotopic (exact) mass is 328 g/mol. The SMILES string of the molecule is CCc1nn(C)c(CN2CCC(N)C(CC)C2)c1Br. The Kier molecular flexibility index (Phi) is 5.03. The number of likely N-dealkylation sites (tertiary alicyclic amines) is 1. The van der Waals surface area contributed by atoms with E-state index in [0.717, 1.165) is 38.2 Å². The normalized spacial score (nSPS) is 24.9. The van der Waals surface area contributed by atoms with Gasteiger partial charge in [-0.25, -0.2) is 0 Å². The second-order valence-corrected chi connectivity index (χ2v) is 6.33. The third-order valence-electron chi connectivity index (χ3n) is 4.28. The van der Waals surface area contributed by atoms with Gasteiger partial charge in [0.15, 0.2) is 0 Å². The minimum atomic E-state index is 0.377. The molecule has 2 heterocycles. The van der Waals surface area contributed by atoms with Crippen molar-refractivity contribution < 1.29 is 0 Å². The Morgan fingerprint density at radius 3 is 2.74 bits per heavy atom. The lowest BCUT2D eigenvalue weighted by atomic mass is 9.90. The van der Waals surface area contributed by atoms with Crippen LogP contribution in [-0.4, -0.2) is 33.8 Å². The Morgan fingerprint density at radius 2 is 2.16 bits per heavy atom. The number of piperidine rings is 1. The van der Waals surface area contributed by atoms with Crippen LogP contribution in [0.1, 0.15) is 38.1 Å². The first kappa shape index (κ1) is 15.0. The van der Waals surface area contributed by atoms with Gasteiger partial charge < -0.3 is 5.73 Å². The van der Waals surface area contributed by atoms with E-state index in [1.54, 1.807) is 0 Å². The van der Waals surface area contributed by atoms with Gasteiger partial charge in [0.1, 0.15) is 0 Å². The number of rotatable bonds is 4. The average Bonchev–Trinajstić information content (AvgIpc) is 2.68. The third-order valence-corrected chi connectivity index (χ3v) is 5.19. The molecule has 1 saturated heterocycles. The number of hydrogen-bond acceptors (Lipinski definition) is 3. The largest absolute Gasteiger partial charge is 0.327 e. The molecule has 2 N–H and O–H groups in total. The number of hydrogen-bond donors (Lipinski definition) is 1. The van der Waals surface area contributed by atoms with Crippen molar-refractivity contribution in [3.8, 4) is 0 Å². The Bertz CT molecular complexity index is 429. The first-order valence-electron chi connectivity index (χ1n) is 7.24. The topological polar surface area (TPSA) is 47.1 Å². The maximum atomic E-state index is 6.18. The number of nitrogens with zero attached hydrogens (tertiary/aromatic N) is 3. The predicted octanol–water partition coefficient (Wildman–Crippen LogP) is 2.30. The molecule has 1 aromatic heterocycles. The van der Waals surface area contributed by atoms with E-state index in [1.165, 1.54) is 16.6 Å². The minimum absolute atomic E-state index is 0.377. The molecule has 0 amide bonds. The van der Waals surface area contributed by atoms with Crippen molar-refractivity contribution in [3.63, 3.8) is 0 Å². The summed E-state index contributed by atoms with van der Waals surface area (Å²) in [7, 11) is 2.03. The Balaban J connectivity index is 2.07. The van der Waals surface area contributed by atoms with Gasteiger partial charge in [-0.1, -0.05) is 20.3 Å². The van der Waals surface area contributed by atoms with Crippen LogP contribution in [0.4, 0.5) is 0 Å². The average molecular weight is 329 g/mol. The number of halogens is 1. The van der Waals surface area contributed by atoms with E-state index in [2.05, 4.69) is 39.8 Å². The van der Waals surface area contributed by atoms with Crippen LogP contribution in [0.3, 0.4) is 0 Å². The molecule has 2 rings (SSSR count). The van der Waals surface area contributed by atoms with Crippen LogP contribution in [0, 0.1) is 5.92 Å². The highest BCUT2D eigenvalue weighted by Gasteiger charge is 2.26. The van der Waals surface area contributed by atoms with Crippen molar-refractivity contribution in [2.24, 2.45) is 18.7 Å². The van der Waals surface area contributed by atoms with Crippen LogP contribution >= 0.6 is 15.9 Å². The van der Waals surface area contributed by atoms with Crippen LogP contribution in [0.15, 0.2) is 4.47 Å². The fraction of sp³-hybridized carbons (Fsp3) is 0.786. The molecule has 1 aliphatic heterocycles. The summed E-state index contributed by atoms with van der Waals surface area (Å²) in [5, 5.41) is 4.57. The molecule has 2 unspecified atom stereocenters. The molecule has 2 atom stereocenters. The molecule has 4 nitrogen and oxygen atoms in total. The molecular weight excluding hydrogens is 304 g/mol. The summed E-state index contributed by atoms with van der Waals surface area (Å²) in [5.74, 6) is 0.631. The molecule has 0 bridgehead atoms. The van der Waals surface area contributed by atoms with Crippen molar-refractivity contribution in [2.75, 3.05) is 13.1 Å². The lowest BCUT2D eigenvalue weighted by Gasteiger charge is -2.36. The number of aryl methyl sites for hydroxylation is 2. The van der Waals surface area contributed by atoms with Gasteiger partial charge in [-0.15, -0.1) is 0 Å². The van der Waals surface area contributed by atoms with Crippen molar-refractivity contribution in [3.05, 3.63) is 15.9 Å². The van der Waals surface area contributed by atoms with Gasteiger partial charge in [-0.05, 0) is 34.7 Å². The van der Waals surface area contributed by atoms with E-state index in [0.29, 0.717) is 12.0 Å². The molecule has 1 aromatic rings. The second kappa shape index (κ2) is 6.37. The molecule has 5 heteroatoms. The molecule has 0 aromatic carbocycles. The molecule has 19 heavy (non-hydrogen) atoms. The molecule has 0 aliphatic carbocycles. The van der Waals surface area contributed by atoms with Crippen molar-refractivity contribution in [2.45, 2.75) is 45.7 Å². The Hall–Kier alpha value is -0.390. The molecule has 1 fully saturated rings. The van der Waals surface area contributed by atoms with Gasteiger partial charge in [0.25, 0.3) is 0 Å². The smallest absolute Gasteiger partial charge is 0.0767 e. The fourth-order valence-electron chi connectivity index (χ4n) is 2.90. The summed E-state index contributed by atoms with van der Waals surface area (Å²) < 4.78 is 3.19. The standard InChI is InChI=1S/C14H25BrN4/c1-4-10-8-19(7-6-11(10)16)9-13-14(15)12(5-2)17-18(13)3/h10-11H,4-9,16H2,1-3H3. The van der Waals surface area contributed by atoms with Crippen LogP contribution < -0.4 is 5.73 Å². The molecule has 108 valence electrons. The van der Waals surface area contributed by atoms with Crippen molar-refractivity contribution >= 4 is 15.9 Å². The maximum Gasteiger partial charge on any atom is 0.0767 e. The van der Waals surface area contributed by atoms with Crippen molar-refractivity contribution in [1.82, 2.24) is 14.7 Å². The summed E-state index contributed by atoms with van der Waals surface area (Å²) in [5.41, 5.74) is 8.61. The van der Waals surface area contributed by atoms with Crippen LogP contribution in [-0.2, 0) is 20.0 Å². The van der Waals surface area contributed by atoms with Gasteiger partial charge >= 0.3 is 0 Å². The van der Waals surface area contributed by atoms with Crippen LogP contribution in [0.5, 0.6) is 0 Å². The zero-order chi connectivity index (χ0) is 14.0. The van der Waals surface area contributed by atoms with E-state index in [-0.39, 0.29) is 0 Å². The Morgan fingerprint density at radius 1 is 1.42 bits per heavy atom. The lowest BCUT2D eigenvalue weighted by molar-refractivity contribution is 0.142. The van der Waals surface area contributed by atoms with E-state index in [9.17, 15) is 0 Å². The molecular formula is C14H25BrN4. The zero-order valence-corrected chi connectivity index (χ0v) is 13.8. The highest BCUT2D eigenvalue weighted by Crippen LogP contribution is 2.25. The van der Waals surface area contributed by atoms with Gasteiger partial charge in [-0.2, -0.15) is 5.10 Å². The van der Waals surface area contributed by atoms with Gasteiger partial charge in [0.05, 0.1) is 15.9 Å². The third kappa shape index (κ3) is 3.20. The lowest BCUT2D eigenvalue weighted by Crippen LogP contribution is -2.46. The summed E-state index contributed by atoms with van der Waals surface area (Å²) in [6, 6.07) is 0.377. The zero-order valence-electron chi connectivity index (χ0n) is 12.2. The van der Waals surface area contributed by atoms with Crippen LogP contribution in [0.2, 0.25) is 0 Å². The molecule has 0 radical (unpaired) electrons. The summed E-state index contributed by atoms with van der Waals surface area (Å²) >= 11 is 3.70. The van der Waals surface area contributed by atoms with Gasteiger partial charge in [0, 0.05) is 32.7 Å². The van der Waals surface area contributed by atoms with E-state index in [1.807, 2.05) is 11.7 Å². The Labute approximate surface area is 124 Å². The number of nitrogens with two attached hydrogens (primary N) is 1. The summed E-state index contributed by atoms with van der Waals surface area (Å²) in [6.07, 6.45) is 3.25. The highest BCUT2D eigenvalue weighted by atomic mass is 79.9. The van der Waals surface area contributed by atoms with Crippen molar-refractivity contribution in [1.29, 1.82) is 0 Å². The second-order valence-electron chi connectivity index (χ2n) is 5.54. The highest BCUT2D eigenvalue weighted by molar-refractivity contribution is 9.10. The number of aromatic nitrogens is 2. The van der Waals surface area contributed by atoms with Crippen LogP contribution in [0.25, 0.3) is 0 Å². The molecule has 0 spiro atoms. The molecule has 1 aliphatic rings. The van der Waals surface area contributed by atoms with E-state index in [4.69, 9.17) is 5.73 Å². The quantitative estimate of drug-likeness (QED) is 0.922. The summed E-state index contributed by atoms with van der Waals surface area (Å²) in [6.45, 7) is 7.55. The first-order chi connectivity index (χ1) is 9.06.